The average Bonchev–Trinajstić information content (AvgIpc) is 3.77. The number of para-hydroxylation sites is 3. The molecule has 0 N–H and O–H groups in total. The van der Waals surface area contributed by atoms with E-state index in [1.54, 1.807) is 0 Å². The lowest BCUT2D eigenvalue weighted by Gasteiger charge is -2.22. The third-order valence-corrected chi connectivity index (χ3v) is 10.5. The van der Waals surface area contributed by atoms with Crippen LogP contribution in [0.5, 0.6) is 0 Å². The van der Waals surface area contributed by atoms with Gasteiger partial charge in [-0.2, -0.15) is 0 Å². The minimum atomic E-state index is 0.163. The summed E-state index contributed by atoms with van der Waals surface area (Å²) in [6, 6.07) is 48.3. The highest BCUT2D eigenvalue weighted by atomic mass is 16.3. The zero-order chi connectivity index (χ0) is 36.0. The van der Waals surface area contributed by atoms with Gasteiger partial charge in [-0.3, -0.25) is 4.57 Å². The third kappa shape index (κ3) is 4.65. The van der Waals surface area contributed by atoms with E-state index >= 15 is 0 Å². The fourth-order valence-corrected chi connectivity index (χ4v) is 8.04. The molecule has 0 fully saturated rings. The molecule has 10 rings (SSSR count). The first-order valence-electron chi connectivity index (χ1n) is 17.3. The largest absolute Gasteiger partial charge is 0.456 e. The number of fused-ring (bicyclic) bond motifs is 6. The first-order chi connectivity index (χ1) is 25.9. The van der Waals surface area contributed by atoms with Crippen LogP contribution in [-0.2, 0) is 0 Å². The number of benzene rings is 8. The van der Waals surface area contributed by atoms with E-state index in [0.717, 1.165) is 76.9 Å². The Bertz CT molecular complexity index is 3040. The Balaban J connectivity index is 1.20. The molecule has 3 nitrogen and oxygen atoms in total. The van der Waals surface area contributed by atoms with Gasteiger partial charge in [-0.25, -0.2) is 4.98 Å². The molecule has 0 atom stereocenters. The first-order valence-corrected chi connectivity index (χ1v) is 17.3. The summed E-state index contributed by atoms with van der Waals surface area (Å²) in [6.07, 6.45) is 0. The molecule has 2 aromatic heterocycles. The summed E-state index contributed by atoms with van der Waals surface area (Å²) in [5.41, 5.74) is 10.3. The molecule has 8 aromatic carbocycles. The molecule has 0 aliphatic rings. The minimum Gasteiger partial charge on any atom is -0.456 e. The molecule has 10 aromatic rings. The van der Waals surface area contributed by atoms with Crippen LogP contribution < -0.4 is 27.3 Å². The van der Waals surface area contributed by atoms with Gasteiger partial charge in [0.25, 0.3) is 0 Å². The summed E-state index contributed by atoms with van der Waals surface area (Å²) >= 11 is 0. The SMILES string of the molecule is [B]c1c([B])c([B])c(-c2nc3ccccc3n2-c2ccc(-c3c4ccccc4c(-c4cccc5oc6ccccc6c45)c4ccccc34)cc2)c([B])c1[B]. The van der Waals surface area contributed by atoms with Gasteiger partial charge in [0.2, 0.25) is 0 Å². The molecule has 0 amide bonds. The van der Waals surface area contributed by atoms with Crippen molar-refractivity contribution in [2.45, 2.75) is 0 Å². The number of rotatable bonds is 4. The highest BCUT2D eigenvalue weighted by molar-refractivity contribution is 6.68. The van der Waals surface area contributed by atoms with Crippen molar-refractivity contribution in [2.75, 3.05) is 0 Å². The van der Waals surface area contributed by atoms with E-state index in [2.05, 4.69) is 97.1 Å². The molecule has 0 unspecified atom stereocenters. The van der Waals surface area contributed by atoms with E-state index in [9.17, 15) is 0 Å². The van der Waals surface area contributed by atoms with E-state index < -0.39 is 0 Å². The molecular formula is C45H23B5N2O. The number of aromatic nitrogens is 2. The van der Waals surface area contributed by atoms with Crippen molar-refractivity contribution in [1.29, 1.82) is 0 Å². The van der Waals surface area contributed by atoms with Crippen LogP contribution in [0.15, 0.2) is 144 Å². The molecule has 0 aliphatic carbocycles. The Morgan fingerprint density at radius 3 is 1.62 bits per heavy atom. The van der Waals surface area contributed by atoms with Crippen molar-refractivity contribution in [1.82, 2.24) is 9.55 Å². The smallest absolute Gasteiger partial charge is 0.144 e. The van der Waals surface area contributed by atoms with Gasteiger partial charge in [0.1, 0.15) is 56.2 Å². The van der Waals surface area contributed by atoms with Gasteiger partial charge in [-0.05, 0) is 80.2 Å². The predicted octanol–water partition coefficient (Wildman–Crippen LogP) is 6.20. The Hall–Kier alpha value is -6.13. The molecule has 10 radical (unpaired) electrons. The fraction of sp³-hybridized carbons (Fsp3) is 0. The normalized spacial score (nSPS) is 11.8. The van der Waals surface area contributed by atoms with Crippen LogP contribution in [0.1, 0.15) is 0 Å². The van der Waals surface area contributed by atoms with Gasteiger partial charge >= 0.3 is 0 Å². The number of hydrogen-bond acceptors (Lipinski definition) is 2. The summed E-state index contributed by atoms with van der Waals surface area (Å²) in [5.74, 6) is 0.522. The molecule has 53 heavy (non-hydrogen) atoms. The molecule has 0 aliphatic heterocycles. The zero-order valence-electron chi connectivity index (χ0n) is 28.5. The van der Waals surface area contributed by atoms with Crippen LogP contribution in [0.25, 0.3) is 93.8 Å². The average molecular weight is 662 g/mol. The van der Waals surface area contributed by atoms with Gasteiger partial charge in [-0.15, -0.1) is 16.4 Å². The molecule has 0 saturated carbocycles. The summed E-state index contributed by atoms with van der Waals surface area (Å²) in [6.45, 7) is 0. The van der Waals surface area contributed by atoms with E-state index in [1.807, 2.05) is 47.0 Å². The van der Waals surface area contributed by atoms with Crippen LogP contribution in [0, 0.1) is 0 Å². The molecule has 0 bridgehead atoms. The molecule has 8 heteroatoms. The van der Waals surface area contributed by atoms with Crippen LogP contribution in [0.3, 0.4) is 0 Å². The topological polar surface area (TPSA) is 31.0 Å². The van der Waals surface area contributed by atoms with Crippen molar-refractivity contribution >= 4 is 121 Å². The maximum absolute atomic E-state index is 6.57. The third-order valence-electron chi connectivity index (χ3n) is 10.5. The number of nitrogens with zero attached hydrogens (tertiary/aromatic N) is 2. The Kier molecular flexibility index (Phi) is 7.13. The van der Waals surface area contributed by atoms with Gasteiger partial charge in [0.15, 0.2) is 0 Å². The molecule has 234 valence electrons. The standard InChI is InChI=1S/C45H23B5N2O/c46-40-39(41(47)43(49)44(50)42(40)48)45-51-32-16-6-7-17-33(32)52(45)25-22-20-24(21-23-25)36-26-10-1-3-12-28(26)37(29-13-4-2-11-27(29)36)31-15-9-19-35-38(31)30-14-5-8-18-34(30)53-35/h1-23H. The second kappa shape index (κ2) is 12.0. The monoisotopic (exact) mass is 662 g/mol. The Morgan fingerprint density at radius 1 is 0.434 bits per heavy atom. The summed E-state index contributed by atoms with van der Waals surface area (Å²) in [7, 11) is 31.9. The van der Waals surface area contributed by atoms with E-state index in [1.165, 1.54) is 5.56 Å². The summed E-state index contributed by atoms with van der Waals surface area (Å²) in [4.78, 5) is 4.97. The van der Waals surface area contributed by atoms with Crippen molar-refractivity contribution in [3.8, 4) is 39.3 Å². The quantitative estimate of drug-likeness (QED) is 0.166. The van der Waals surface area contributed by atoms with Crippen molar-refractivity contribution in [2.24, 2.45) is 0 Å². The lowest BCUT2D eigenvalue weighted by atomic mass is 9.60. The Morgan fingerprint density at radius 2 is 0.962 bits per heavy atom. The summed E-state index contributed by atoms with van der Waals surface area (Å²) < 4.78 is 8.36. The molecule has 0 spiro atoms. The predicted molar refractivity (Wildman–Crippen MR) is 227 cm³/mol. The Labute approximate surface area is 312 Å². The van der Waals surface area contributed by atoms with Crippen LogP contribution >= 0.6 is 0 Å². The fourth-order valence-electron chi connectivity index (χ4n) is 8.04. The highest BCUT2D eigenvalue weighted by Crippen LogP contribution is 2.47. The van der Waals surface area contributed by atoms with Gasteiger partial charge < -0.3 is 4.42 Å². The second-order valence-electron chi connectivity index (χ2n) is 13.4. The number of imidazole rings is 1. The van der Waals surface area contributed by atoms with E-state index in [-0.39, 0.29) is 27.3 Å². The highest BCUT2D eigenvalue weighted by Gasteiger charge is 2.22. The van der Waals surface area contributed by atoms with Gasteiger partial charge in [-0.1, -0.05) is 114 Å². The number of furan rings is 1. The second-order valence-corrected chi connectivity index (χ2v) is 13.4. The van der Waals surface area contributed by atoms with Gasteiger partial charge in [0.05, 0.1) is 11.0 Å². The maximum atomic E-state index is 6.57. The van der Waals surface area contributed by atoms with Crippen LogP contribution in [-0.4, -0.2) is 48.8 Å². The van der Waals surface area contributed by atoms with Crippen molar-refractivity contribution < 1.29 is 4.42 Å². The van der Waals surface area contributed by atoms with Gasteiger partial charge in [0, 0.05) is 22.0 Å². The van der Waals surface area contributed by atoms with E-state index in [0.29, 0.717) is 11.4 Å². The first kappa shape index (κ1) is 31.6. The maximum Gasteiger partial charge on any atom is 0.144 e. The van der Waals surface area contributed by atoms with Crippen LogP contribution in [0.4, 0.5) is 0 Å². The van der Waals surface area contributed by atoms with Crippen LogP contribution in [0.2, 0.25) is 0 Å². The molecule has 2 heterocycles. The minimum absolute atomic E-state index is 0.163. The summed E-state index contributed by atoms with van der Waals surface area (Å²) in [5, 5.41) is 6.85. The van der Waals surface area contributed by atoms with Crippen molar-refractivity contribution in [3.05, 3.63) is 140 Å². The lowest BCUT2D eigenvalue weighted by Crippen LogP contribution is -2.55. The lowest BCUT2D eigenvalue weighted by molar-refractivity contribution is 0.669. The van der Waals surface area contributed by atoms with E-state index in [4.69, 9.17) is 48.6 Å². The number of hydrogen-bond donors (Lipinski definition) is 0. The van der Waals surface area contributed by atoms with Crippen molar-refractivity contribution in [3.63, 3.8) is 0 Å². The zero-order valence-corrected chi connectivity index (χ0v) is 28.5. The molecule has 0 saturated heterocycles. The molecular weight excluding hydrogens is 639 g/mol.